The maximum Gasteiger partial charge on any atom is 0.307 e. The fraction of sp³-hybridized carbons (Fsp3) is 0.300. The molecule has 0 radical (unpaired) electrons. The lowest BCUT2D eigenvalue weighted by Crippen LogP contribution is -2.20. The van der Waals surface area contributed by atoms with E-state index in [1.807, 2.05) is 0 Å². The number of hydrogen-bond donors (Lipinski definition) is 1. The number of carboxylic acid groups (broad SMARTS) is 1. The lowest BCUT2D eigenvalue weighted by atomic mass is 10.2. The van der Waals surface area contributed by atoms with Crippen molar-refractivity contribution in [2.24, 2.45) is 0 Å². The van der Waals surface area contributed by atoms with Crippen molar-refractivity contribution in [1.29, 1.82) is 0 Å². The van der Waals surface area contributed by atoms with E-state index in [9.17, 15) is 17.6 Å². The van der Waals surface area contributed by atoms with E-state index in [-0.39, 0.29) is 4.90 Å². The molecule has 1 unspecified atom stereocenters. The van der Waals surface area contributed by atoms with Crippen LogP contribution in [-0.4, -0.2) is 25.0 Å². The molecule has 1 rings (SSSR count). The molecule has 0 saturated carbocycles. The molecule has 0 aromatic heterocycles. The number of aryl methyl sites for hydroxylation is 1. The average Bonchev–Trinajstić information content (AvgIpc) is 2.16. The third-order valence-electron chi connectivity index (χ3n) is 1.99. The highest BCUT2D eigenvalue weighted by Crippen LogP contribution is 2.20. The van der Waals surface area contributed by atoms with Crippen LogP contribution >= 0.6 is 0 Å². The summed E-state index contributed by atoms with van der Waals surface area (Å²) in [4.78, 5) is 10.1. The average molecular weight is 246 g/mol. The van der Waals surface area contributed by atoms with Crippen molar-refractivity contribution in [1.82, 2.24) is 0 Å². The van der Waals surface area contributed by atoms with Crippen molar-refractivity contribution in [2.75, 3.05) is 0 Å². The van der Waals surface area contributed by atoms with E-state index in [1.54, 1.807) is 13.0 Å². The molecule has 0 aliphatic heterocycles. The van der Waals surface area contributed by atoms with Gasteiger partial charge >= 0.3 is 5.97 Å². The highest BCUT2D eigenvalue weighted by atomic mass is 32.2. The molecule has 16 heavy (non-hydrogen) atoms. The van der Waals surface area contributed by atoms with E-state index >= 15 is 0 Å². The number of rotatable bonds is 4. The Bertz CT molecular complexity index is 495. The molecule has 0 saturated heterocycles. The van der Waals surface area contributed by atoms with Crippen LogP contribution in [0.2, 0.25) is 0 Å². The Kier molecular flexibility index (Phi) is 3.64. The first kappa shape index (κ1) is 12.6. The zero-order chi connectivity index (χ0) is 12.3. The molecule has 0 aliphatic carbocycles. The summed E-state index contributed by atoms with van der Waals surface area (Å²) in [6.45, 7) is 1.67. The molecule has 1 aromatic carbocycles. The van der Waals surface area contributed by atoms with Crippen LogP contribution in [0.1, 0.15) is 12.0 Å². The molecular formula is C10H11FO4S. The Labute approximate surface area is 92.6 Å². The van der Waals surface area contributed by atoms with Crippen molar-refractivity contribution in [3.8, 4) is 0 Å². The first-order chi connectivity index (χ1) is 7.34. The van der Waals surface area contributed by atoms with E-state index in [0.717, 1.165) is 0 Å². The zero-order valence-electron chi connectivity index (χ0n) is 8.55. The molecule has 1 atom stereocenters. The van der Waals surface area contributed by atoms with Gasteiger partial charge in [0.2, 0.25) is 15.3 Å². The highest BCUT2D eigenvalue weighted by molar-refractivity contribution is 7.92. The van der Waals surface area contributed by atoms with Gasteiger partial charge < -0.3 is 5.11 Å². The van der Waals surface area contributed by atoms with Gasteiger partial charge in [-0.1, -0.05) is 12.1 Å². The Morgan fingerprint density at radius 2 is 2.12 bits per heavy atom. The lowest BCUT2D eigenvalue weighted by Gasteiger charge is -2.08. The third kappa shape index (κ3) is 2.79. The number of benzene rings is 1. The monoisotopic (exact) mass is 246 g/mol. The predicted octanol–water partition coefficient (Wildman–Crippen LogP) is 1.54. The van der Waals surface area contributed by atoms with Gasteiger partial charge in [-0.25, -0.2) is 12.8 Å². The van der Waals surface area contributed by atoms with Gasteiger partial charge in [0.25, 0.3) is 0 Å². The molecule has 4 nitrogen and oxygen atoms in total. The van der Waals surface area contributed by atoms with Crippen LogP contribution in [-0.2, 0) is 14.6 Å². The van der Waals surface area contributed by atoms with Crippen molar-refractivity contribution >= 4 is 15.8 Å². The lowest BCUT2D eigenvalue weighted by molar-refractivity contribution is -0.137. The standard InChI is InChI=1S/C10H11FO4S/c1-7-3-2-4-8(5-7)16(14,15)9(11)6-10(12)13/h2-5,9H,6H2,1H3,(H,12,13). The molecule has 0 heterocycles. The first-order valence-corrected chi connectivity index (χ1v) is 6.05. The Balaban J connectivity index is 3.07. The van der Waals surface area contributed by atoms with E-state index in [0.29, 0.717) is 5.56 Å². The minimum absolute atomic E-state index is 0.193. The Morgan fingerprint density at radius 3 is 2.62 bits per heavy atom. The van der Waals surface area contributed by atoms with E-state index < -0.39 is 27.7 Å². The molecule has 0 fully saturated rings. The van der Waals surface area contributed by atoms with Crippen LogP contribution in [0.5, 0.6) is 0 Å². The number of carbonyl (C=O) groups is 1. The van der Waals surface area contributed by atoms with Crippen molar-refractivity contribution in [3.05, 3.63) is 29.8 Å². The maximum absolute atomic E-state index is 13.3. The Morgan fingerprint density at radius 1 is 1.50 bits per heavy atom. The van der Waals surface area contributed by atoms with Gasteiger partial charge in [-0.15, -0.1) is 0 Å². The minimum Gasteiger partial charge on any atom is -0.481 e. The topological polar surface area (TPSA) is 71.4 Å². The van der Waals surface area contributed by atoms with Crippen LogP contribution in [0.15, 0.2) is 29.2 Å². The summed E-state index contributed by atoms with van der Waals surface area (Å²) in [6, 6.07) is 5.71. The number of hydrogen-bond acceptors (Lipinski definition) is 3. The predicted molar refractivity (Wildman–Crippen MR) is 55.5 cm³/mol. The molecular weight excluding hydrogens is 235 g/mol. The zero-order valence-corrected chi connectivity index (χ0v) is 9.37. The van der Waals surface area contributed by atoms with E-state index in [4.69, 9.17) is 5.11 Å². The second kappa shape index (κ2) is 4.61. The quantitative estimate of drug-likeness (QED) is 0.874. The van der Waals surface area contributed by atoms with Gasteiger partial charge in [0, 0.05) is 0 Å². The number of carboxylic acids is 1. The van der Waals surface area contributed by atoms with E-state index in [2.05, 4.69) is 0 Å². The van der Waals surface area contributed by atoms with Gasteiger partial charge in [0.15, 0.2) is 0 Å². The highest BCUT2D eigenvalue weighted by Gasteiger charge is 2.29. The van der Waals surface area contributed by atoms with Gasteiger partial charge in [0.05, 0.1) is 11.3 Å². The third-order valence-corrected chi connectivity index (χ3v) is 3.74. The van der Waals surface area contributed by atoms with Crippen LogP contribution < -0.4 is 0 Å². The smallest absolute Gasteiger partial charge is 0.307 e. The van der Waals surface area contributed by atoms with Crippen molar-refractivity contribution < 1.29 is 22.7 Å². The summed E-state index contributed by atoms with van der Waals surface area (Å²) in [5.74, 6) is -1.48. The van der Waals surface area contributed by atoms with Crippen LogP contribution in [0.3, 0.4) is 0 Å². The summed E-state index contributed by atoms with van der Waals surface area (Å²) in [7, 11) is -4.20. The Hall–Kier alpha value is -1.43. The van der Waals surface area contributed by atoms with Crippen molar-refractivity contribution in [3.63, 3.8) is 0 Å². The molecule has 88 valence electrons. The summed E-state index contributed by atoms with van der Waals surface area (Å²) in [5.41, 5.74) is -1.74. The van der Waals surface area contributed by atoms with Gasteiger partial charge in [0.1, 0.15) is 0 Å². The second-order valence-electron chi connectivity index (χ2n) is 3.37. The fourth-order valence-corrected chi connectivity index (χ4v) is 2.46. The summed E-state index contributed by atoms with van der Waals surface area (Å²) in [5, 5.41) is 8.34. The SMILES string of the molecule is Cc1cccc(S(=O)(=O)C(F)CC(=O)O)c1. The largest absolute Gasteiger partial charge is 0.481 e. The molecule has 0 amide bonds. The van der Waals surface area contributed by atoms with Crippen LogP contribution in [0.4, 0.5) is 4.39 Å². The second-order valence-corrected chi connectivity index (χ2v) is 5.44. The number of aliphatic carboxylic acids is 1. The summed E-state index contributed by atoms with van der Waals surface area (Å²) >= 11 is 0. The van der Waals surface area contributed by atoms with Gasteiger partial charge in [-0.2, -0.15) is 0 Å². The molecule has 0 spiro atoms. The van der Waals surface area contributed by atoms with Crippen molar-refractivity contribution in [2.45, 2.75) is 23.7 Å². The van der Waals surface area contributed by atoms with Gasteiger partial charge in [-0.3, -0.25) is 4.79 Å². The molecule has 0 aliphatic rings. The summed E-state index contributed by atoms with van der Waals surface area (Å²) < 4.78 is 36.4. The minimum atomic E-state index is -4.20. The van der Waals surface area contributed by atoms with Crippen LogP contribution in [0, 0.1) is 6.92 Å². The number of halogens is 1. The fourth-order valence-electron chi connectivity index (χ4n) is 1.19. The van der Waals surface area contributed by atoms with Crippen LogP contribution in [0.25, 0.3) is 0 Å². The maximum atomic E-state index is 13.3. The van der Waals surface area contributed by atoms with Gasteiger partial charge in [-0.05, 0) is 24.6 Å². The molecule has 0 bridgehead atoms. The summed E-state index contributed by atoms with van der Waals surface area (Å²) in [6.07, 6.45) is -1.05. The first-order valence-electron chi connectivity index (χ1n) is 4.50. The number of alkyl halides is 1. The molecule has 1 N–H and O–H groups in total. The normalized spacial score (nSPS) is 13.4. The molecule has 6 heteroatoms. The molecule has 1 aromatic rings. The number of sulfone groups is 1. The van der Waals surface area contributed by atoms with E-state index in [1.165, 1.54) is 18.2 Å².